The van der Waals surface area contributed by atoms with E-state index in [1.165, 1.54) is 6.08 Å². The molecule has 1 aromatic rings. The van der Waals surface area contributed by atoms with E-state index >= 15 is 0 Å². The van der Waals surface area contributed by atoms with Crippen molar-refractivity contribution in [3.63, 3.8) is 0 Å². The third-order valence-electron chi connectivity index (χ3n) is 1.43. The predicted molar refractivity (Wildman–Crippen MR) is 43.4 cm³/mol. The molecule has 0 heterocycles. The molecule has 1 aromatic carbocycles. The lowest BCUT2D eigenvalue weighted by Gasteiger charge is -1.99. The number of benzene rings is 1. The molecule has 0 aliphatic heterocycles. The van der Waals surface area contributed by atoms with E-state index in [4.69, 9.17) is 5.73 Å². The fourth-order valence-corrected chi connectivity index (χ4v) is 0.880. The van der Waals surface area contributed by atoms with Crippen LogP contribution in [-0.2, 0) is 4.79 Å². The lowest BCUT2D eigenvalue weighted by Crippen LogP contribution is -1.86. The number of nitrogens with two attached hydrogens (primary N) is 1. The van der Waals surface area contributed by atoms with Crippen molar-refractivity contribution in [1.29, 1.82) is 0 Å². The molecule has 0 unspecified atom stereocenters. The van der Waals surface area contributed by atoms with Gasteiger partial charge in [-0.2, -0.15) is 4.99 Å². The molecule has 11 heavy (non-hydrogen) atoms. The standard InChI is InChI=1S/C8H8N2O/c1-6-3-2-4-7(9)8(6)10-5-11/h2-4H,9H2,1H3. The average molecular weight is 148 g/mol. The zero-order valence-corrected chi connectivity index (χ0v) is 6.16. The molecule has 0 atom stereocenters. The molecule has 3 heteroatoms. The van der Waals surface area contributed by atoms with E-state index in [1.54, 1.807) is 6.07 Å². The van der Waals surface area contributed by atoms with Crippen LogP contribution in [0.15, 0.2) is 23.2 Å². The summed E-state index contributed by atoms with van der Waals surface area (Å²) in [6, 6.07) is 5.35. The van der Waals surface area contributed by atoms with E-state index in [2.05, 4.69) is 4.99 Å². The summed E-state index contributed by atoms with van der Waals surface area (Å²) >= 11 is 0. The number of rotatable bonds is 1. The quantitative estimate of drug-likeness (QED) is 0.373. The first-order valence-corrected chi connectivity index (χ1v) is 3.18. The number of aliphatic imine (C=N–C) groups is 1. The number of isocyanates is 1. The maximum atomic E-state index is 9.93. The molecule has 0 aliphatic rings. The number of hydrogen-bond acceptors (Lipinski definition) is 3. The van der Waals surface area contributed by atoms with Crippen molar-refractivity contribution in [3.05, 3.63) is 23.8 Å². The highest BCUT2D eigenvalue weighted by atomic mass is 16.1. The highest BCUT2D eigenvalue weighted by molar-refractivity contribution is 5.69. The summed E-state index contributed by atoms with van der Waals surface area (Å²) in [5, 5.41) is 0. The van der Waals surface area contributed by atoms with Crippen molar-refractivity contribution in [3.8, 4) is 0 Å². The minimum atomic E-state index is 0.508. The number of aryl methyl sites for hydroxylation is 1. The van der Waals surface area contributed by atoms with E-state index in [1.807, 2.05) is 19.1 Å². The minimum absolute atomic E-state index is 0.508. The molecule has 0 radical (unpaired) electrons. The molecule has 0 saturated carbocycles. The van der Waals surface area contributed by atoms with Crippen LogP contribution in [0.4, 0.5) is 11.4 Å². The zero-order chi connectivity index (χ0) is 8.27. The monoisotopic (exact) mass is 148 g/mol. The first-order valence-electron chi connectivity index (χ1n) is 3.18. The van der Waals surface area contributed by atoms with Gasteiger partial charge in [0.2, 0.25) is 6.08 Å². The van der Waals surface area contributed by atoms with E-state index in [-0.39, 0.29) is 0 Å². The van der Waals surface area contributed by atoms with Gasteiger partial charge in [-0.25, -0.2) is 4.79 Å². The van der Waals surface area contributed by atoms with Gasteiger partial charge in [-0.1, -0.05) is 12.1 Å². The summed E-state index contributed by atoms with van der Waals surface area (Å²) < 4.78 is 0. The summed E-state index contributed by atoms with van der Waals surface area (Å²) in [6.45, 7) is 1.84. The lowest BCUT2D eigenvalue weighted by molar-refractivity contribution is 0.565. The largest absolute Gasteiger partial charge is 0.397 e. The van der Waals surface area contributed by atoms with Gasteiger partial charge in [-0.05, 0) is 18.6 Å². The Kier molecular flexibility index (Phi) is 2.04. The first-order chi connectivity index (χ1) is 5.25. The van der Waals surface area contributed by atoms with Gasteiger partial charge in [-0.3, -0.25) is 0 Å². The highest BCUT2D eigenvalue weighted by Gasteiger charge is 1.98. The van der Waals surface area contributed by atoms with Gasteiger partial charge in [0, 0.05) is 0 Å². The molecule has 0 spiro atoms. The van der Waals surface area contributed by atoms with Crippen molar-refractivity contribution < 1.29 is 4.79 Å². The Balaban J connectivity index is 3.31. The van der Waals surface area contributed by atoms with E-state index in [9.17, 15) is 4.79 Å². The third kappa shape index (κ3) is 1.45. The van der Waals surface area contributed by atoms with E-state index < -0.39 is 0 Å². The summed E-state index contributed by atoms with van der Waals surface area (Å²) in [4.78, 5) is 13.4. The molecule has 0 aromatic heterocycles. The summed E-state index contributed by atoms with van der Waals surface area (Å²) in [5.41, 5.74) is 7.44. The van der Waals surface area contributed by atoms with E-state index in [0.29, 0.717) is 11.4 Å². The maximum Gasteiger partial charge on any atom is 0.240 e. The summed E-state index contributed by atoms with van der Waals surface area (Å²) in [7, 11) is 0. The van der Waals surface area contributed by atoms with Crippen LogP contribution in [0, 0.1) is 6.92 Å². The molecule has 0 amide bonds. The minimum Gasteiger partial charge on any atom is -0.397 e. The van der Waals surface area contributed by atoms with Crippen LogP contribution < -0.4 is 5.73 Å². The average Bonchev–Trinajstić information content (AvgIpc) is 1.97. The molecule has 0 aliphatic carbocycles. The van der Waals surface area contributed by atoms with Crippen molar-refractivity contribution in [1.82, 2.24) is 0 Å². The van der Waals surface area contributed by atoms with Crippen LogP contribution in [0.3, 0.4) is 0 Å². The highest BCUT2D eigenvalue weighted by Crippen LogP contribution is 2.24. The van der Waals surface area contributed by atoms with Gasteiger partial charge in [0.25, 0.3) is 0 Å². The van der Waals surface area contributed by atoms with E-state index in [0.717, 1.165) is 5.56 Å². The van der Waals surface area contributed by atoms with Crippen LogP contribution in [0.1, 0.15) is 5.56 Å². The van der Waals surface area contributed by atoms with Crippen LogP contribution in [0.25, 0.3) is 0 Å². The summed E-state index contributed by atoms with van der Waals surface area (Å²) in [6.07, 6.45) is 1.46. The Morgan fingerprint density at radius 2 is 2.27 bits per heavy atom. The Bertz CT molecular complexity index is 294. The molecule has 1 rings (SSSR count). The number of hydrogen-bond donors (Lipinski definition) is 1. The molecule has 0 saturated heterocycles. The fraction of sp³-hybridized carbons (Fsp3) is 0.125. The molecular formula is C8H8N2O. The normalized spacial score (nSPS) is 8.82. The van der Waals surface area contributed by atoms with Gasteiger partial charge in [0.15, 0.2) is 0 Å². The molecule has 0 bridgehead atoms. The summed E-state index contributed by atoms with van der Waals surface area (Å²) in [5.74, 6) is 0. The van der Waals surface area contributed by atoms with Crippen molar-refractivity contribution in [2.45, 2.75) is 6.92 Å². The van der Waals surface area contributed by atoms with Gasteiger partial charge in [0.05, 0.1) is 5.69 Å². The number of para-hydroxylation sites is 1. The number of carbonyl (C=O) groups excluding carboxylic acids is 1. The zero-order valence-electron chi connectivity index (χ0n) is 6.16. The Morgan fingerprint density at radius 3 is 2.82 bits per heavy atom. The smallest absolute Gasteiger partial charge is 0.240 e. The second-order valence-electron chi connectivity index (χ2n) is 2.22. The third-order valence-corrected chi connectivity index (χ3v) is 1.43. The van der Waals surface area contributed by atoms with Crippen LogP contribution in [-0.4, -0.2) is 6.08 Å². The number of nitrogen functional groups attached to an aromatic ring is 1. The molecule has 3 nitrogen and oxygen atoms in total. The topological polar surface area (TPSA) is 55.4 Å². The maximum absolute atomic E-state index is 9.93. The van der Waals surface area contributed by atoms with Crippen LogP contribution in [0.5, 0.6) is 0 Å². The molecular weight excluding hydrogens is 140 g/mol. The van der Waals surface area contributed by atoms with Crippen molar-refractivity contribution >= 4 is 17.5 Å². The second kappa shape index (κ2) is 2.99. The van der Waals surface area contributed by atoms with Crippen LogP contribution >= 0.6 is 0 Å². The van der Waals surface area contributed by atoms with Crippen molar-refractivity contribution in [2.75, 3.05) is 5.73 Å². The number of anilines is 1. The van der Waals surface area contributed by atoms with Crippen molar-refractivity contribution in [2.24, 2.45) is 4.99 Å². The van der Waals surface area contributed by atoms with Crippen LogP contribution in [0.2, 0.25) is 0 Å². The SMILES string of the molecule is Cc1cccc(N)c1N=C=O. The molecule has 0 fully saturated rings. The molecule has 56 valence electrons. The van der Waals surface area contributed by atoms with Gasteiger partial charge < -0.3 is 5.73 Å². The van der Waals surface area contributed by atoms with Gasteiger partial charge in [-0.15, -0.1) is 0 Å². The Labute approximate surface area is 64.6 Å². The Hall–Kier alpha value is -1.60. The lowest BCUT2D eigenvalue weighted by atomic mass is 10.2. The Morgan fingerprint density at radius 1 is 1.55 bits per heavy atom. The second-order valence-corrected chi connectivity index (χ2v) is 2.22. The van der Waals surface area contributed by atoms with Gasteiger partial charge >= 0.3 is 0 Å². The first kappa shape index (κ1) is 7.51. The predicted octanol–water partition coefficient (Wildman–Crippen LogP) is 1.54. The van der Waals surface area contributed by atoms with Gasteiger partial charge in [0.1, 0.15) is 5.69 Å². The fourth-order valence-electron chi connectivity index (χ4n) is 0.880. The molecule has 2 N–H and O–H groups in total. The number of nitrogens with zero attached hydrogens (tertiary/aromatic N) is 1.